The molecule has 0 fully saturated rings. The lowest BCUT2D eigenvalue weighted by molar-refractivity contribution is 0.176. The Morgan fingerprint density at radius 1 is 0.889 bits per heavy atom. The third kappa shape index (κ3) is 2.30. The van der Waals surface area contributed by atoms with E-state index in [1.165, 1.54) is 18.2 Å². The van der Waals surface area contributed by atoms with Crippen molar-refractivity contribution in [2.45, 2.75) is 0 Å². The molecule has 0 saturated heterocycles. The zero-order valence-corrected chi connectivity index (χ0v) is 9.09. The van der Waals surface area contributed by atoms with Crippen LogP contribution in [0.3, 0.4) is 0 Å². The van der Waals surface area contributed by atoms with E-state index in [1.807, 2.05) is 0 Å². The molecule has 2 aromatic rings. The molecule has 0 aliphatic carbocycles. The highest BCUT2D eigenvalue weighted by molar-refractivity contribution is 5.65. The molecule has 0 radical (unpaired) electrons. The van der Waals surface area contributed by atoms with Gasteiger partial charge in [-0.15, -0.1) is 0 Å². The molecular formula is C13H8F4O. The average Bonchev–Trinajstić information content (AvgIpc) is 2.34. The lowest BCUT2D eigenvalue weighted by Crippen LogP contribution is -1.98. The summed E-state index contributed by atoms with van der Waals surface area (Å²) in [6.07, 6.45) is 0. The van der Waals surface area contributed by atoms with Gasteiger partial charge < -0.3 is 4.74 Å². The van der Waals surface area contributed by atoms with Crippen molar-refractivity contribution in [2.75, 3.05) is 6.86 Å². The van der Waals surface area contributed by atoms with Gasteiger partial charge in [0.15, 0.2) is 17.4 Å². The number of halogens is 4. The Labute approximate surface area is 101 Å². The lowest BCUT2D eigenvalue weighted by Gasteiger charge is -2.08. The highest BCUT2D eigenvalue weighted by Gasteiger charge is 2.15. The minimum absolute atomic E-state index is 0.0225. The van der Waals surface area contributed by atoms with Crippen molar-refractivity contribution in [3.05, 3.63) is 53.8 Å². The molecule has 0 saturated carbocycles. The zero-order chi connectivity index (χ0) is 13.1. The van der Waals surface area contributed by atoms with Crippen molar-refractivity contribution in [3.63, 3.8) is 0 Å². The van der Waals surface area contributed by atoms with Crippen LogP contribution in [0.4, 0.5) is 17.6 Å². The van der Waals surface area contributed by atoms with Crippen molar-refractivity contribution in [2.24, 2.45) is 0 Å². The molecule has 0 aliphatic heterocycles. The summed E-state index contributed by atoms with van der Waals surface area (Å²) < 4.78 is 56.5. The minimum Gasteiger partial charge on any atom is -0.457 e. The van der Waals surface area contributed by atoms with E-state index in [4.69, 9.17) is 0 Å². The third-order valence-electron chi connectivity index (χ3n) is 2.38. The van der Waals surface area contributed by atoms with E-state index in [-0.39, 0.29) is 11.1 Å². The fraction of sp³-hybridized carbons (Fsp3) is 0.0769. The summed E-state index contributed by atoms with van der Waals surface area (Å²) in [5, 5.41) is 0. The normalized spacial score (nSPS) is 10.4. The predicted molar refractivity (Wildman–Crippen MR) is 58.4 cm³/mol. The van der Waals surface area contributed by atoms with E-state index in [1.54, 1.807) is 6.07 Å². The third-order valence-corrected chi connectivity index (χ3v) is 2.38. The van der Waals surface area contributed by atoms with Crippen LogP contribution in [0.25, 0.3) is 11.1 Å². The van der Waals surface area contributed by atoms with Crippen LogP contribution >= 0.6 is 0 Å². The SMILES string of the molecule is FCOc1c(F)cc(-c2ccccc2F)cc1F. The van der Waals surface area contributed by atoms with Gasteiger partial charge in [-0.05, 0) is 23.8 Å². The Hall–Kier alpha value is -2.04. The minimum atomic E-state index is -1.34. The van der Waals surface area contributed by atoms with Gasteiger partial charge in [-0.1, -0.05) is 18.2 Å². The number of rotatable bonds is 3. The molecule has 0 N–H and O–H groups in total. The number of ether oxygens (including phenoxy) is 1. The first-order valence-electron chi connectivity index (χ1n) is 5.06. The van der Waals surface area contributed by atoms with Gasteiger partial charge in [0.1, 0.15) is 5.82 Å². The number of hydrogen-bond donors (Lipinski definition) is 0. The molecule has 5 heteroatoms. The largest absolute Gasteiger partial charge is 0.457 e. The van der Waals surface area contributed by atoms with Crippen molar-refractivity contribution < 1.29 is 22.3 Å². The molecule has 0 atom stereocenters. The molecule has 0 heterocycles. The Balaban J connectivity index is 2.52. The Morgan fingerprint density at radius 2 is 1.50 bits per heavy atom. The van der Waals surface area contributed by atoms with Gasteiger partial charge >= 0.3 is 0 Å². The summed E-state index contributed by atoms with van der Waals surface area (Å²) in [5.41, 5.74) is 0.0800. The molecule has 0 amide bonds. The first-order valence-corrected chi connectivity index (χ1v) is 5.06. The molecule has 0 unspecified atom stereocenters. The van der Waals surface area contributed by atoms with E-state index in [0.29, 0.717) is 0 Å². The van der Waals surface area contributed by atoms with Crippen molar-refractivity contribution in [1.29, 1.82) is 0 Å². The van der Waals surface area contributed by atoms with Crippen molar-refractivity contribution >= 4 is 0 Å². The summed E-state index contributed by atoms with van der Waals surface area (Å²) in [4.78, 5) is 0. The van der Waals surface area contributed by atoms with Gasteiger partial charge in [-0.2, -0.15) is 0 Å². The highest BCUT2D eigenvalue weighted by Crippen LogP contribution is 2.30. The second-order valence-corrected chi connectivity index (χ2v) is 3.50. The van der Waals surface area contributed by atoms with Crippen molar-refractivity contribution in [1.82, 2.24) is 0 Å². The summed E-state index contributed by atoms with van der Waals surface area (Å²) >= 11 is 0. The molecule has 0 bridgehead atoms. The molecule has 94 valence electrons. The molecule has 1 nitrogen and oxygen atoms in total. The number of benzene rings is 2. The standard InChI is InChI=1S/C13H8F4O/c14-7-18-13-11(16)5-8(6-12(13)17)9-3-1-2-4-10(9)15/h1-6H,7H2. The number of hydrogen-bond acceptors (Lipinski definition) is 1. The average molecular weight is 256 g/mol. The Kier molecular flexibility index (Phi) is 3.50. The van der Waals surface area contributed by atoms with Crippen LogP contribution in [-0.4, -0.2) is 6.86 Å². The lowest BCUT2D eigenvalue weighted by atomic mass is 10.0. The maximum atomic E-state index is 13.5. The van der Waals surface area contributed by atoms with Gasteiger partial charge in [0.05, 0.1) is 0 Å². The first kappa shape index (κ1) is 12.4. The van der Waals surface area contributed by atoms with Gasteiger partial charge in [-0.25, -0.2) is 17.6 Å². The fourth-order valence-electron chi connectivity index (χ4n) is 1.60. The van der Waals surface area contributed by atoms with Crippen LogP contribution in [0.2, 0.25) is 0 Å². The molecule has 2 rings (SSSR count). The molecule has 0 aliphatic rings. The van der Waals surface area contributed by atoms with Crippen LogP contribution in [0.1, 0.15) is 0 Å². The highest BCUT2D eigenvalue weighted by atomic mass is 19.1. The molecular weight excluding hydrogens is 248 g/mol. The van der Waals surface area contributed by atoms with E-state index < -0.39 is 30.1 Å². The fourth-order valence-corrected chi connectivity index (χ4v) is 1.60. The van der Waals surface area contributed by atoms with E-state index in [2.05, 4.69) is 4.74 Å². The molecule has 18 heavy (non-hydrogen) atoms. The van der Waals surface area contributed by atoms with Crippen LogP contribution in [0.5, 0.6) is 5.75 Å². The molecule has 0 spiro atoms. The van der Waals surface area contributed by atoms with Crippen LogP contribution in [0, 0.1) is 17.5 Å². The topological polar surface area (TPSA) is 9.23 Å². The second-order valence-electron chi connectivity index (χ2n) is 3.50. The quantitative estimate of drug-likeness (QED) is 0.752. The first-order chi connectivity index (χ1) is 8.63. The van der Waals surface area contributed by atoms with Gasteiger partial charge in [0.25, 0.3) is 0 Å². The van der Waals surface area contributed by atoms with Crippen LogP contribution in [-0.2, 0) is 0 Å². The van der Waals surface area contributed by atoms with Crippen LogP contribution < -0.4 is 4.74 Å². The predicted octanol–water partition coefficient (Wildman–Crippen LogP) is 4.08. The Bertz CT molecular complexity index is 546. The molecule has 2 aromatic carbocycles. The summed E-state index contributed by atoms with van der Waals surface area (Å²) in [6.45, 7) is -1.34. The Morgan fingerprint density at radius 3 is 2.06 bits per heavy atom. The second kappa shape index (κ2) is 5.08. The summed E-state index contributed by atoms with van der Waals surface area (Å²) in [6, 6.07) is 7.36. The summed E-state index contributed by atoms with van der Waals surface area (Å²) in [5.74, 6) is -3.56. The monoisotopic (exact) mass is 256 g/mol. The van der Waals surface area contributed by atoms with Gasteiger partial charge in [0, 0.05) is 5.56 Å². The van der Waals surface area contributed by atoms with Crippen molar-refractivity contribution in [3.8, 4) is 16.9 Å². The van der Waals surface area contributed by atoms with Gasteiger partial charge in [-0.3, -0.25) is 0 Å². The number of alkyl halides is 1. The zero-order valence-electron chi connectivity index (χ0n) is 9.09. The van der Waals surface area contributed by atoms with E-state index >= 15 is 0 Å². The maximum Gasteiger partial charge on any atom is 0.228 e. The van der Waals surface area contributed by atoms with Crippen LogP contribution in [0.15, 0.2) is 36.4 Å². The van der Waals surface area contributed by atoms with Gasteiger partial charge in [0.2, 0.25) is 6.86 Å². The molecule has 0 aromatic heterocycles. The van der Waals surface area contributed by atoms with E-state index in [9.17, 15) is 17.6 Å². The smallest absolute Gasteiger partial charge is 0.228 e. The maximum absolute atomic E-state index is 13.5. The van der Waals surface area contributed by atoms with E-state index in [0.717, 1.165) is 12.1 Å². The summed E-state index contributed by atoms with van der Waals surface area (Å²) in [7, 11) is 0.